The van der Waals surface area contributed by atoms with Gasteiger partial charge in [-0.3, -0.25) is 14.5 Å². The van der Waals surface area contributed by atoms with Crippen molar-refractivity contribution in [2.24, 2.45) is 0 Å². The van der Waals surface area contributed by atoms with Gasteiger partial charge in [0.1, 0.15) is 17.9 Å². The molecule has 7 heteroatoms. The van der Waals surface area contributed by atoms with Crippen molar-refractivity contribution >= 4 is 17.8 Å². The van der Waals surface area contributed by atoms with Gasteiger partial charge in [0.2, 0.25) is 5.91 Å². The number of hydrogen-bond donors (Lipinski definition) is 1. The van der Waals surface area contributed by atoms with E-state index >= 15 is 0 Å². The lowest BCUT2D eigenvalue weighted by Gasteiger charge is -2.30. The van der Waals surface area contributed by atoms with E-state index in [-0.39, 0.29) is 30.7 Å². The van der Waals surface area contributed by atoms with Gasteiger partial charge in [0.25, 0.3) is 5.91 Å². The van der Waals surface area contributed by atoms with E-state index in [0.29, 0.717) is 31.4 Å². The number of halogens is 1. The first-order valence-corrected chi connectivity index (χ1v) is 8.60. The molecular formula is C18H22FN3O3. The van der Waals surface area contributed by atoms with Gasteiger partial charge in [-0.15, -0.1) is 0 Å². The van der Waals surface area contributed by atoms with E-state index in [4.69, 9.17) is 0 Å². The minimum absolute atomic E-state index is 0.164. The largest absolute Gasteiger partial charge is 0.336 e. The summed E-state index contributed by atoms with van der Waals surface area (Å²) >= 11 is 0. The first kappa shape index (κ1) is 17.4. The molecule has 0 unspecified atom stereocenters. The van der Waals surface area contributed by atoms with Crippen molar-refractivity contribution in [3.63, 3.8) is 0 Å². The van der Waals surface area contributed by atoms with Crippen LogP contribution in [0.25, 0.3) is 0 Å². The Morgan fingerprint density at radius 3 is 2.64 bits per heavy atom. The van der Waals surface area contributed by atoms with Gasteiger partial charge in [0, 0.05) is 18.7 Å². The molecule has 0 atom stereocenters. The molecule has 1 fully saturated rings. The molecule has 0 aliphatic carbocycles. The Bertz CT molecular complexity index is 730. The molecule has 1 N–H and O–H groups in total. The van der Waals surface area contributed by atoms with Gasteiger partial charge in [-0.25, -0.2) is 9.18 Å². The predicted molar refractivity (Wildman–Crippen MR) is 89.1 cm³/mol. The Kier molecular flexibility index (Phi) is 4.49. The Morgan fingerprint density at radius 1 is 1.28 bits per heavy atom. The topological polar surface area (TPSA) is 69.7 Å². The molecule has 6 nitrogen and oxygen atoms in total. The SMILES string of the molecule is CCC1(CC)NC(=O)N(CC(=O)N2CCc3cccc(F)c3C2)C1=O. The van der Waals surface area contributed by atoms with Crippen LogP contribution >= 0.6 is 0 Å². The highest BCUT2D eigenvalue weighted by Gasteiger charge is 2.49. The first-order valence-electron chi connectivity index (χ1n) is 8.60. The third-order valence-corrected chi connectivity index (χ3v) is 5.31. The van der Waals surface area contributed by atoms with E-state index in [0.717, 1.165) is 10.5 Å². The van der Waals surface area contributed by atoms with Crippen LogP contribution in [0.2, 0.25) is 0 Å². The molecule has 1 aromatic carbocycles. The number of rotatable bonds is 4. The summed E-state index contributed by atoms with van der Waals surface area (Å²) in [7, 11) is 0. The summed E-state index contributed by atoms with van der Waals surface area (Å²) in [6.07, 6.45) is 1.51. The minimum atomic E-state index is -0.919. The summed E-state index contributed by atoms with van der Waals surface area (Å²) in [6.45, 7) is 3.97. The van der Waals surface area contributed by atoms with Crippen LogP contribution in [-0.2, 0) is 22.6 Å². The standard InChI is InChI=1S/C18H22FN3O3/c1-3-18(4-2)16(24)22(17(25)20-18)11-15(23)21-9-8-12-6-5-7-14(19)13(12)10-21/h5-7H,3-4,8-11H2,1-2H3,(H,20,25). The Balaban J connectivity index is 1.72. The molecule has 0 radical (unpaired) electrons. The number of carbonyl (C=O) groups is 3. The van der Waals surface area contributed by atoms with Crippen molar-refractivity contribution in [3.8, 4) is 0 Å². The molecule has 4 amide bonds. The maximum Gasteiger partial charge on any atom is 0.325 e. The average Bonchev–Trinajstić information content (AvgIpc) is 2.86. The number of fused-ring (bicyclic) bond motifs is 1. The monoisotopic (exact) mass is 347 g/mol. The van der Waals surface area contributed by atoms with E-state index in [1.165, 1.54) is 11.0 Å². The molecule has 2 aliphatic rings. The van der Waals surface area contributed by atoms with E-state index in [1.54, 1.807) is 6.07 Å². The fourth-order valence-electron chi connectivity index (χ4n) is 3.54. The molecule has 134 valence electrons. The lowest BCUT2D eigenvalue weighted by Crippen LogP contribution is -2.47. The molecule has 0 saturated carbocycles. The molecule has 1 saturated heterocycles. The van der Waals surface area contributed by atoms with Gasteiger partial charge < -0.3 is 10.2 Å². The second-order valence-corrected chi connectivity index (χ2v) is 6.55. The summed E-state index contributed by atoms with van der Waals surface area (Å²) in [5.74, 6) is -1.04. The number of carbonyl (C=O) groups excluding carboxylic acids is 3. The van der Waals surface area contributed by atoms with Gasteiger partial charge >= 0.3 is 6.03 Å². The maximum atomic E-state index is 14.0. The molecule has 1 aromatic rings. The summed E-state index contributed by atoms with van der Waals surface area (Å²) < 4.78 is 14.0. The zero-order valence-corrected chi connectivity index (χ0v) is 14.5. The minimum Gasteiger partial charge on any atom is -0.336 e. The quantitative estimate of drug-likeness (QED) is 0.845. The van der Waals surface area contributed by atoms with Crippen LogP contribution < -0.4 is 5.32 Å². The zero-order chi connectivity index (χ0) is 18.2. The second-order valence-electron chi connectivity index (χ2n) is 6.55. The van der Waals surface area contributed by atoms with Gasteiger partial charge in [0.05, 0.1) is 0 Å². The molecule has 0 aromatic heterocycles. The Hall–Kier alpha value is -2.44. The lowest BCUT2D eigenvalue weighted by molar-refractivity contribution is -0.139. The van der Waals surface area contributed by atoms with E-state index in [1.807, 2.05) is 19.9 Å². The zero-order valence-electron chi connectivity index (χ0n) is 14.5. The van der Waals surface area contributed by atoms with Crippen molar-refractivity contribution in [3.05, 3.63) is 35.1 Å². The molecule has 25 heavy (non-hydrogen) atoms. The smallest absolute Gasteiger partial charge is 0.325 e. The number of hydrogen-bond acceptors (Lipinski definition) is 3. The van der Waals surface area contributed by atoms with Gasteiger partial charge in [-0.2, -0.15) is 0 Å². The van der Waals surface area contributed by atoms with Crippen LogP contribution in [0.3, 0.4) is 0 Å². The highest BCUT2D eigenvalue weighted by atomic mass is 19.1. The van der Waals surface area contributed by atoms with Crippen LogP contribution in [0.1, 0.15) is 37.8 Å². The van der Waals surface area contributed by atoms with E-state index < -0.39 is 11.6 Å². The van der Waals surface area contributed by atoms with Gasteiger partial charge in [-0.05, 0) is 30.9 Å². The molecule has 3 rings (SSSR count). The Labute approximate surface area is 146 Å². The van der Waals surface area contributed by atoms with Crippen LogP contribution in [-0.4, -0.2) is 46.3 Å². The van der Waals surface area contributed by atoms with Crippen molar-refractivity contribution in [1.29, 1.82) is 0 Å². The maximum absolute atomic E-state index is 14.0. The number of imide groups is 1. The normalized spacial score (nSPS) is 19.0. The summed E-state index contributed by atoms with van der Waals surface area (Å²) in [4.78, 5) is 39.8. The number of nitrogens with zero attached hydrogens (tertiary/aromatic N) is 2. The third kappa shape index (κ3) is 2.88. The highest BCUT2D eigenvalue weighted by molar-refractivity contribution is 6.09. The number of nitrogens with one attached hydrogen (secondary N) is 1. The first-order chi connectivity index (χ1) is 11.9. The van der Waals surface area contributed by atoms with Crippen molar-refractivity contribution < 1.29 is 18.8 Å². The van der Waals surface area contributed by atoms with Crippen molar-refractivity contribution in [2.75, 3.05) is 13.1 Å². The van der Waals surface area contributed by atoms with Crippen LogP contribution in [0.5, 0.6) is 0 Å². The van der Waals surface area contributed by atoms with Gasteiger partial charge in [0.15, 0.2) is 0 Å². The predicted octanol–water partition coefficient (Wildman–Crippen LogP) is 1.82. The summed E-state index contributed by atoms with van der Waals surface area (Å²) in [5, 5.41) is 2.71. The van der Waals surface area contributed by atoms with Gasteiger partial charge in [-0.1, -0.05) is 26.0 Å². The summed E-state index contributed by atoms with van der Waals surface area (Å²) in [5.41, 5.74) is 0.489. The van der Waals surface area contributed by atoms with Crippen LogP contribution in [0.15, 0.2) is 18.2 Å². The summed E-state index contributed by atoms with van der Waals surface area (Å²) in [6, 6.07) is 4.36. The number of benzene rings is 1. The second kappa shape index (κ2) is 6.46. The molecule has 2 heterocycles. The number of amides is 4. The third-order valence-electron chi connectivity index (χ3n) is 5.31. The fourth-order valence-corrected chi connectivity index (χ4v) is 3.54. The average molecular weight is 347 g/mol. The highest BCUT2D eigenvalue weighted by Crippen LogP contribution is 2.26. The van der Waals surface area contributed by atoms with Crippen LogP contribution in [0, 0.1) is 5.82 Å². The lowest BCUT2D eigenvalue weighted by atomic mass is 9.93. The van der Waals surface area contributed by atoms with Crippen molar-refractivity contribution in [2.45, 2.75) is 45.2 Å². The van der Waals surface area contributed by atoms with E-state index in [2.05, 4.69) is 5.32 Å². The molecule has 0 bridgehead atoms. The van der Waals surface area contributed by atoms with Crippen LogP contribution in [0.4, 0.5) is 9.18 Å². The Morgan fingerprint density at radius 2 is 2.00 bits per heavy atom. The molecular weight excluding hydrogens is 325 g/mol. The number of urea groups is 1. The molecule has 0 spiro atoms. The van der Waals surface area contributed by atoms with Crippen molar-refractivity contribution in [1.82, 2.24) is 15.1 Å². The molecule has 2 aliphatic heterocycles. The van der Waals surface area contributed by atoms with E-state index in [9.17, 15) is 18.8 Å². The fraction of sp³-hybridized carbons (Fsp3) is 0.500.